The number of aliphatic hydroxyl groups is 1. The third-order valence-corrected chi connectivity index (χ3v) is 4.96. The van der Waals surface area contributed by atoms with Crippen molar-refractivity contribution in [1.29, 1.82) is 0 Å². The van der Waals surface area contributed by atoms with Crippen LogP contribution in [0.2, 0.25) is 0 Å². The second-order valence-electron chi connectivity index (χ2n) is 7.24. The number of aliphatic hydroxyl groups excluding tert-OH is 1. The molecule has 2 heterocycles. The number of aromatic amines is 1. The number of aromatic nitrogens is 2. The molecule has 0 bridgehead atoms. The number of benzene rings is 2. The summed E-state index contributed by atoms with van der Waals surface area (Å²) in [5, 5.41) is 15.2. The number of carbonyl (C=O) groups is 1. The summed E-state index contributed by atoms with van der Waals surface area (Å²) in [6.45, 7) is 1.98. The Morgan fingerprint density at radius 1 is 1.32 bits per heavy atom. The van der Waals surface area contributed by atoms with Gasteiger partial charge in [-0.1, -0.05) is 24.3 Å². The highest BCUT2D eigenvalue weighted by Crippen LogP contribution is 2.30. The fourth-order valence-electron chi connectivity index (χ4n) is 3.45. The summed E-state index contributed by atoms with van der Waals surface area (Å²) in [5.74, 6) is -0.893. The minimum absolute atomic E-state index is 0.188. The molecule has 3 aromatic rings. The van der Waals surface area contributed by atoms with Crippen molar-refractivity contribution in [2.24, 2.45) is 0 Å². The molecule has 1 aromatic heterocycles. The summed E-state index contributed by atoms with van der Waals surface area (Å²) in [6.07, 6.45) is -1.22. The van der Waals surface area contributed by atoms with Crippen LogP contribution in [0.3, 0.4) is 0 Å². The second-order valence-corrected chi connectivity index (χ2v) is 7.24. The number of H-pyrrole nitrogens is 1. The van der Waals surface area contributed by atoms with Crippen molar-refractivity contribution in [2.45, 2.75) is 25.9 Å². The van der Waals surface area contributed by atoms with E-state index < -0.39 is 24.1 Å². The molecule has 1 aliphatic heterocycles. The van der Waals surface area contributed by atoms with Gasteiger partial charge in [0.05, 0.1) is 12.6 Å². The van der Waals surface area contributed by atoms with Crippen LogP contribution in [0.15, 0.2) is 51.8 Å². The van der Waals surface area contributed by atoms with Gasteiger partial charge in [0.25, 0.3) is 0 Å². The first-order chi connectivity index (χ1) is 14.9. The monoisotopic (exact) mass is 428 g/mol. The van der Waals surface area contributed by atoms with Crippen molar-refractivity contribution in [3.05, 3.63) is 70.2 Å². The maximum absolute atomic E-state index is 14.8. The van der Waals surface area contributed by atoms with E-state index in [1.807, 2.05) is 12.1 Å². The molecule has 2 aromatic carbocycles. The average molecular weight is 428 g/mol. The zero-order valence-electron chi connectivity index (χ0n) is 16.7. The molecule has 1 saturated heterocycles. The van der Waals surface area contributed by atoms with Crippen LogP contribution in [-0.4, -0.2) is 46.8 Å². The minimum atomic E-state index is -1.22. The number of carbonyl (C=O) groups excluding carboxylic acids is 1. The lowest BCUT2D eigenvalue weighted by atomic mass is 10.0. The highest BCUT2D eigenvalue weighted by atomic mass is 19.1. The van der Waals surface area contributed by atoms with E-state index in [9.17, 15) is 19.1 Å². The van der Waals surface area contributed by atoms with Crippen molar-refractivity contribution in [2.75, 3.05) is 18.0 Å². The number of hydrogen-bond donors (Lipinski definition) is 3. The molecule has 10 heteroatoms. The van der Waals surface area contributed by atoms with Crippen LogP contribution in [-0.2, 0) is 16.0 Å². The topological polar surface area (TPSA) is 121 Å². The molecule has 3 N–H and O–H groups in total. The van der Waals surface area contributed by atoms with E-state index in [2.05, 4.69) is 20.0 Å². The van der Waals surface area contributed by atoms with E-state index in [1.165, 1.54) is 17.9 Å². The van der Waals surface area contributed by atoms with E-state index in [0.29, 0.717) is 35.6 Å². The predicted octanol–water partition coefficient (Wildman–Crippen LogP) is 1.38. The van der Waals surface area contributed by atoms with Gasteiger partial charge < -0.3 is 24.6 Å². The summed E-state index contributed by atoms with van der Waals surface area (Å²) < 4.78 is 24.8. The Labute approximate surface area is 176 Å². The Morgan fingerprint density at radius 2 is 2.10 bits per heavy atom. The standard InChI is InChI=1S/C21H21FN4O5/c1-12(27)23-10-16-11-26(21(29)30-16)15-6-7-17(18(22)9-15)14-4-2-13(3-5-14)8-19-24-20(28)31-25-19/h2-7,9,16,21,29H,8,10-11H2,1H3,(H,23,27)(H,24,25,28)/t16-,21?/m0/s1. The third kappa shape index (κ3) is 4.81. The first-order valence-corrected chi connectivity index (χ1v) is 9.67. The summed E-state index contributed by atoms with van der Waals surface area (Å²) in [6, 6.07) is 11.9. The third-order valence-electron chi connectivity index (χ3n) is 4.96. The zero-order chi connectivity index (χ0) is 22.0. The van der Waals surface area contributed by atoms with Gasteiger partial charge in [-0.15, -0.1) is 0 Å². The van der Waals surface area contributed by atoms with Crippen LogP contribution >= 0.6 is 0 Å². The molecule has 2 atom stereocenters. The normalized spacial score (nSPS) is 18.4. The summed E-state index contributed by atoms with van der Waals surface area (Å²) >= 11 is 0. The van der Waals surface area contributed by atoms with Gasteiger partial charge in [0.2, 0.25) is 12.3 Å². The molecule has 0 spiro atoms. The van der Waals surface area contributed by atoms with Crippen LogP contribution in [0, 0.1) is 5.82 Å². The highest BCUT2D eigenvalue weighted by Gasteiger charge is 2.32. The summed E-state index contributed by atoms with van der Waals surface area (Å²) in [5.41, 5.74) is 2.45. The molecule has 0 saturated carbocycles. The number of anilines is 1. The predicted molar refractivity (Wildman–Crippen MR) is 109 cm³/mol. The number of ether oxygens (including phenoxy) is 1. The van der Waals surface area contributed by atoms with Crippen molar-refractivity contribution < 1.29 is 23.6 Å². The molecule has 4 rings (SSSR count). The Kier molecular flexibility index (Phi) is 5.83. The van der Waals surface area contributed by atoms with E-state index in [1.54, 1.807) is 24.3 Å². The highest BCUT2D eigenvalue weighted by molar-refractivity contribution is 5.72. The van der Waals surface area contributed by atoms with E-state index in [0.717, 1.165) is 5.56 Å². The number of halogens is 1. The minimum Gasteiger partial charge on any atom is -0.354 e. The van der Waals surface area contributed by atoms with Crippen molar-refractivity contribution in [3.8, 4) is 11.1 Å². The maximum atomic E-state index is 14.8. The molecular formula is C21H21FN4O5. The van der Waals surface area contributed by atoms with Gasteiger partial charge in [-0.25, -0.2) is 14.3 Å². The van der Waals surface area contributed by atoms with Crippen LogP contribution in [0.25, 0.3) is 11.1 Å². The first kappa shape index (κ1) is 20.8. The number of nitrogens with one attached hydrogen (secondary N) is 2. The molecule has 1 amide bonds. The van der Waals surface area contributed by atoms with Crippen molar-refractivity contribution >= 4 is 11.6 Å². The van der Waals surface area contributed by atoms with Crippen molar-refractivity contribution in [1.82, 2.24) is 15.5 Å². The lowest BCUT2D eigenvalue weighted by Gasteiger charge is -2.21. The number of hydrogen-bond acceptors (Lipinski definition) is 7. The fourth-order valence-corrected chi connectivity index (χ4v) is 3.45. The molecular weight excluding hydrogens is 407 g/mol. The summed E-state index contributed by atoms with van der Waals surface area (Å²) in [4.78, 5) is 27.2. The molecule has 9 nitrogen and oxygen atoms in total. The number of rotatable bonds is 6. The maximum Gasteiger partial charge on any atom is 0.459 e. The smallest absolute Gasteiger partial charge is 0.354 e. The Hall–Kier alpha value is -3.50. The number of amides is 1. The van der Waals surface area contributed by atoms with E-state index in [4.69, 9.17) is 4.74 Å². The molecule has 1 aliphatic rings. The van der Waals surface area contributed by atoms with Crippen molar-refractivity contribution in [3.63, 3.8) is 0 Å². The van der Waals surface area contributed by atoms with Crippen LogP contribution < -0.4 is 16.0 Å². The van der Waals surface area contributed by atoms with Gasteiger partial charge >= 0.3 is 5.76 Å². The van der Waals surface area contributed by atoms with Gasteiger partial charge in [0, 0.05) is 31.1 Å². The van der Waals surface area contributed by atoms with Gasteiger partial charge in [0.15, 0.2) is 0 Å². The second kappa shape index (κ2) is 8.70. The van der Waals surface area contributed by atoms with Gasteiger partial charge in [-0.2, -0.15) is 4.98 Å². The van der Waals surface area contributed by atoms with Crippen LogP contribution in [0.1, 0.15) is 18.3 Å². The van der Waals surface area contributed by atoms with Gasteiger partial charge in [0.1, 0.15) is 11.6 Å². The zero-order valence-corrected chi connectivity index (χ0v) is 16.7. The van der Waals surface area contributed by atoms with Crippen LogP contribution in [0.5, 0.6) is 0 Å². The van der Waals surface area contributed by atoms with Gasteiger partial charge in [-0.05, 0) is 29.3 Å². The molecule has 0 aliphatic carbocycles. The Bertz CT molecular complexity index is 1130. The molecule has 162 valence electrons. The number of nitrogens with zero attached hydrogens (tertiary/aromatic N) is 2. The lowest BCUT2D eigenvalue weighted by molar-refractivity contribution is -0.121. The lowest BCUT2D eigenvalue weighted by Crippen LogP contribution is -2.33. The SMILES string of the molecule is CC(=O)NC[C@H]1CN(c2ccc(-c3ccc(Cc4nc(=O)o[nH]4)cc3)c(F)c2)C(O)O1. The van der Waals surface area contributed by atoms with E-state index in [-0.39, 0.29) is 12.5 Å². The molecule has 1 fully saturated rings. The first-order valence-electron chi connectivity index (χ1n) is 9.67. The Balaban J connectivity index is 1.46. The largest absolute Gasteiger partial charge is 0.459 e. The van der Waals surface area contributed by atoms with E-state index >= 15 is 0 Å². The Morgan fingerprint density at radius 3 is 2.74 bits per heavy atom. The molecule has 1 unspecified atom stereocenters. The quantitative estimate of drug-likeness (QED) is 0.542. The summed E-state index contributed by atoms with van der Waals surface area (Å²) in [7, 11) is 0. The fraction of sp³-hybridized carbons (Fsp3) is 0.286. The van der Waals surface area contributed by atoms with Crippen LogP contribution in [0.4, 0.5) is 10.1 Å². The molecule has 0 radical (unpaired) electrons. The molecule has 31 heavy (non-hydrogen) atoms. The van der Waals surface area contributed by atoms with Gasteiger partial charge in [-0.3, -0.25) is 4.79 Å². The average Bonchev–Trinajstić information content (AvgIpc) is 3.32.